The van der Waals surface area contributed by atoms with Crippen molar-refractivity contribution in [3.63, 3.8) is 0 Å². The van der Waals surface area contributed by atoms with E-state index in [2.05, 4.69) is 5.32 Å². The molecule has 0 bridgehead atoms. The molecule has 1 rings (SSSR count). The van der Waals surface area contributed by atoms with E-state index in [9.17, 15) is 4.79 Å². The molecule has 0 saturated heterocycles. The molecule has 4 nitrogen and oxygen atoms in total. The standard InChI is InChI=1S/C10H20N2O2/c1-7(8(2)11)9(14)12-10(6-13)4-3-5-10/h7-8,13H,3-6,11H2,1-2H3,(H,12,14). The molecular formula is C10H20N2O2. The Hall–Kier alpha value is -0.610. The van der Waals surface area contributed by atoms with E-state index in [-0.39, 0.29) is 30.0 Å². The van der Waals surface area contributed by atoms with Gasteiger partial charge in [0.25, 0.3) is 0 Å². The van der Waals surface area contributed by atoms with Crippen LogP contribution in [0.15, 0.2) is 0 Å². The van der Waals surface area contributed by atoms with Crippen molar-refractivity contribution in [2.24, 2.45) is 11.7 Å². The molecule has 1 amide bonds. The van der Waals surface area contributed by atoms with Crippen LogP contribution in [0.5, 0.6) is 0 Å². The summed E-state index contributed by atoms with van der Waals surface area (Å²) in [7, 11) is 0. The van der Waals surface area contributed by atoms with Gasteiger partial charge >= 0.3 is 0 Å². The Morgan fingerprint density at radius 1 is 1.57 bits per heavy atom. The van der Waals surface area contributed by atoms with Gasteiger partial charge in [-0.05, 0) is 26.2 Å². The van der Waals surface area contributed by atoms with Crippen molar-refractivity contribution in [3.05, 3.63) is 0 Å². The van der Waals surface area contributed by atoms with Gasteiger partial charge in [0.1, 0.15) is 0 Å². The van der Waals surface area contributed by atoms with E-state index in [0.29, 0.717) is 0 Å². The van der Waals surface area contributed by atoms with Crippen molar-refractivity contribution < 1.29 is 9.90 Å². The van der Waals surface area contributed by atoms with Crippen molar-refractivity contribution in [2.45, 2.75) is 44.7 Å². The lowest BCUT2D eigenvalue weighted by Crippen LogP contribution is -2.58. The van der Waals surface area contributed by atoms with Crippen LogP contribution >= 0.6 is 0 Å². The van der Waals surface area contributed by atoms with Crippen LogP contribution in [-0.2, 0) is 4.79 Å². The largest absolute Gasteiger partial charge is 0.394 e. The van der Waals surface area contributed by atoms with Gasteiger partial charge in [0.2, 0.25) is 5.91 Å². The molecule has 0 aliphatic heterocycles. The number of nitrogens with two attached hydrogens (primary N) is 1. The predicted octanol–water partition coefficient (Wildman–Crippen LogP) is 0.000900. The maximum absolute atomic E-state index is 11.6. The fourth-order valence-electron chi connectivity index (χ4n) is 1.54. The van der Waals surface area contributed by atoms with Crippen molar-refractivity contribution in [2.75, 3.05) is 6.61 Å². The molecule has 14 heavy (non-hydrogen) atoms. The molecule has 2 unspecified atom stereocenters. The molecular weight excluding hydrogens is 180 g/mol. The second-order valence-electron chi connectivity index (χ2n) is 4.43. The molecule has 1 aliphatic rings. The zero-order valence-electron chi connectivity index (χ0n) is 8.92. The Kier molecular flexibility index (Phi) is 3.50. The van der Waals surface area contributed by atoms with Crippen LogP contribution in [0.1, 0.15) is 33.1 Å². The Labute approximate surface area is 84.9 Å². The van der Waals surface area contributed by atoms with Gasteiger partial charge in [0.05, 0.1) is 12.1 Å². The third kappa shape index (κ3) is 2.25. The molecule has 1 aliphatic carbocycles. The smallest absolute Gasteiger partial charge is 0.224 e. The van der Waals surface area contributed by atoms with Crippen molar-refractivity contribution in [1.82, 2.24) is 5.32 Å². The monoisotopic (exact) mass is 200 g/mol. The van der Waals surface area contributed by atoms with Crippen LogP contribution in [0, 0.1) is 5.92 Å². The van der Waals surface area contributed by atoms with Crippen LogP contribution in [-0.4, -0.2) is 29.2 Å². The first-order valence-corrected chi connectivity index (χ1v) is 5.19. The first-order chi connectivity index (χ1) is 6.51. The Morgan fingerprint density at radius 2 is 2.14 bits per heavy atom. The summed E-state index contributed by atoms with van der Waals surface area (Å²) < 4.78 is 0. The van der Waals surface area contributed by atoms with Gasteiger partial charge in [-0.3, -0.25) is 4.79 Å². The minimum atomic E-state index is -0.347. The van der Waals surface area contributed by atoms with Gasteiger partial charge in [-0.1, -0.05) is 6.92 Å². The van der Waals surface area contributed by atoms with Gasteiger partial charge in [-0.15, -0.1) is 0 Å². The number of aliphatic hydroxyl groups excluding tert-OH is 1. The molecule has 0 spiro atoms. The molecule has 1 fully saturated rings. The fraction of sp³-hybridized carbons (Fsp3) is 0.900. The van der Waals surface area contributed by atoms with E-state index in [4.69, 9.17) is 10.8 Å². The SMILES string of the molecule is CC(N)C(C)C(=O)NC1(CO)CCC1. The van der Waals surface area contributed by atoms with Gasteiger partial charge in [0, 0.05) is 12.0 Å². The minimum absolute atomic E-state index is 0.0322. The van der Waals surface area contributed by atoms with Gasteiger partial charge in [0.15, 0.2) is 0 Å². The van der Waals surface area contributed by atoms with Gasteiger partial charge in [-0.25, -0.2) is 0 Å². The summed E-state index contributed by atoms with van der Waals surface area (Å²) in [6.07, 6.45) is 2.83. The number of aliphatic hydroxyl groups is 1. The molecule has 1 saturated carbocycles. The normalized spacial score (nSPS) is 23.4. The molecule has 0 aromatic rings. The minimum Gasteiger partial charge on any atom is -0.394 e. The highest BCUT2D eigenvalue weighted by molar-refractivity contribution is 5.79. The quantitative estimate of drug-likeness (QED) is 0.598. The van der Waals surface area contributed by atoms with E-state index in [1.807, 2.05) is 13.8 Å². The molecule has 0 heterocycles. The number of carbonyl (C=O) groups excluding carboxylic acids is 1. The average Bonchev–Trinajstić information content (AvgIpc) is 2.09. The summed E-state index contributed by atoms with van der Waals surface area (Å²) in [4.78, 5) is 11.6. The Bertz CT molecular complexity index is 207. The lowest BCUT2D eigenvalue weighted by Gasteiger charge is -2.41. The summed E-state index contributed by atoms with van der Waals surface area (Å²) in [5, 5.41) is 12.1. The molecule has 4 N–H and O–H groups in total. The fourth-order valence-corrected chi connectivity index (χ4v) is 1.54. The molecule has 0 aromatic carbocycles. The van der Waals surface area contributed by atoms with Crippen LogP contribution in [0.25, 0.3) is 0 Å². The Balaban J connectivity index is 2.47. The zero-order chi connectivity index (χ0) is 10.8. The third-order valence-corrected chi connectivity index (χ3v) is 3.20. The summed E-state index contributed by atoms with van der Waals surface area (Å²) >= 11 is 0. The van der Waals surface area contributed by atoms with E-state index in [1.54, 1.807) is 0 Å². The van der Waals surface area contributed by atoms with Crippen molar-refractivity contribution in [1.29, 1.82) is 0 Å². The van der Waals surface area contributed by atoms with Crippen molar-refractivity contribution >= 4 is 5.91 Å². The van der Waals surface area contributed by atoms with Crippen LogP contribution in [0.2, 0.25) is 0 Å². The highest BCUT2D eigenvalue weighted by atomic mass is 16.3. The highest BCUT2D eigenvalue weighted by Gasteiger charge is 2.38. The number of rotatable bonds is 4. The van der Waals surface area contributed by atoms with Crippen LogP contribution < -0.4 is 11.1 Å². The number of nitrogens with one attached hydrogen (secondary N) is 1. The van der Waals surface area contributed by atoms with Crippen LogP contribution in [0.3, 0.4) is 0 Å². The number of amides is 1. The lowest BCUT2D eigenvalue weighted by molar-refractivity contribution is -0.129. The summed E-state index contributed by atoms with van der Waals surface area (Å²) in [6.45, 7) is 3.66. The van der Waals surface area contributed by atoms with E-state index in [1.165, 1.54) is 0 Å². The van der Waals surface area contributed by atoms with Gasteiger partial charge < -0.3 is 16.2 Å². The number of carbonyl (C=O) groups is 1. The van der Waals surface area contributed by atoms with E-state index < -0.39 is 0 Å². The molecule has 0 aromatic heterocycles. The molecule has 2 atom stereocenters. The van der Waals surface area contributed by atoms with E-state index >= 15 is 0 Å². The number of hydrogen-bond acceptors (Lipinski definition) is 3. The number of hydrogen-bond donors (Lipinski definition) is 3. The summed E-state index contributed by atoms with van der Waals surface area (Å²) in [5.41, 5.74) is 5.29. The first kappa shape index (κ1) is 11.5. The van der Waals surface area contributed by atoms with Crippen molar-refractivity contribution in [3.8, 4) is 0 Å². The summed E-state index contributed by atoms with van der Waals surface area (Å²) in [5.74, 6) is -0.243. The molecule has 0 radical (unpaired) electrons. The topological polar surface area (TPSA) is 75.4 Å². The first-order valence-electron chi connectivity index (χ1n) is 5.19. The predicted molar refractivity (Wildman–Crippen MR) is 54.6 cm³/mol. The highest BCUT2D eigenvalue weighted by Crippen LogP contribution is 2.31. The Morgan fingerprint density at radius 3 is 2.43 bits per heavy atom. The lowest BCUT2D eigenvalue weighted by atomic mass is 9.77. The molecule has 82 valence electrons. The van der Waals surface area contributed by atoms with Crippen LogP contribution in [0.4, 0.5) is 0 Å². The third-order valence-electron chi connectivity index (χ3n) is 3.20. The molecule has 4 heteroatoms. The van der Waals surface area contributed by atoms with Gasteiger partial charge in [-0.2, -0.15) is 0 Å². The second kappa shape index (κ2) is 4.28. The summed E-state index contributed by atoms with van der Waals surface area (Å²) in [6, 6.07) is -0.147. The second-order valence-corrected chi connectivity index (χ2v) is 4.43. The van der Waals surface area contributed by atoms with E-state index in [0.717, 1.165) is 19.3 Å². The maximum atomic E-state index is 11.6. The average molecular weight is 200 g/mol. The zero-order valence-corrected chi connectivity index (χ0v) is 8.92. The maximum Gasteiger partial charge on any atom is 0.224 e.